The number of nitrogens with zero attached hydrogens (tertiary/aromatic N) is 1. The van der Waals surface area contributed by atoms with Crippen LogP contribution < -0.4 is 15.4 Å². The van der Waals surface area contributed by atoms with Crippen molar-refractivity contribution in [1.29, 1.82) is 0 Å². The number of anilines is 2. The number of nitrogens with two attached hydrogens (primary N) is 1. The molecule has 0 radical (unpaired) electrons. The molecule has 0 aromatic heterocycles. The average molecular weight is 555 g/mol. The van der Waals surface area contributed by atoms with Gasteiger partial charge in [0.2, 0.25) is 0 Å². The second kappa shape index (κ2) is 11.3. The molecule has 6 aliphatic rings. The Morgan fingerprint density at radius 3 is 1.73 bits per heavy atom. The molecule has 10 heteroatoms. The third-order valence-corrected chi connectivity index (χ3v) is 7.87. The van der Waals surface area contributed by atoms with E-state index >= 15 is 0 Å². The number of rotatable bonds is 14. The molecule has 2 aromatic carbocycles. The van der Waals surface area contributed by atoms with Crippen LogP contribution in [0.25, 0.3) is 0 Å². The van der Waals surface area contributed by atoms with Crippen LogP contribution in [0.2, 0.25) is 0 Å². The molecule has 0 aliphatic carbocycles. The topological polar surface area (TPSA) is 134 Å². The minimum Gasteiger partial charge on any atom is -0.508 e. The molecular formula is C30H38N2O8. The van der Waals surface area contributed by atoms with Crippen LogP contribution in [0.3, 0.4) is 0 Å². The predicted molar refractivity (Wildman–Crippen MR) is 146 cm³/mol. The fourth-order valence-corrected chi connectivity index (χ4v) is 4.96. The van der Waals surface area contributed by atoms with E-state index < -0.39 is 0 Å². The molecule has 216 valence electrons. The van der Waals surface area contributed by atoms with E-state index in [1.165, 1.54) is 5.69 Å². The molecule has 10 nitrogen and oxygen atoms in total. The summed E-state index contributed by atoms with van der Waals surface area (Å²) < 4.78 is 37.3. The van der Waals surface area contributed by atoms with Gasteiger partial charge >= 0.3 is 0 Å². The fourth-order valence-electron chi connectivity index (χ4n) is 4.96. The largest absolute Gasteiger partial charge is 0.508 e. The number of hydrogen-bond donors (Lipinski definition) is 2. The Balaban J connectivity index is 0.000000132. The zero-order valence-electron chi connectivity index (χ0n) is 22.7. The summed E-state index contributed by atoms with van der Waals surface area (Å²) in [5.41, 5.74) is 11.3. The van der Waals surface area contributed by atoms with Crippen LogP contribution in [0.15, 0.2) is 30.3 Å². The summed E-state index contributed by atoms with van der Waals surface area (Å²) in [7, 11) is 0. The summed E-state index contributed by atoms with van der Waals surface area (Å²) in [5.74, 6) is 1.23. The number of ether oxygens (including phenoxy) is 7. The molecule has 8 rings (SSSR count). The highest BCUT2D eigenvalue weighted by molar-refractivity contribution is 5.62. The summed E-state index contributed by atoms with van der Waals surface area (Å²) in [6.07, 6.45) is 4.11. The van der Waals surface area contributed by atoms with Crippen LogP contribution in [-0.2, 0) is 47.7 Å². The van der Waals surface area contributed by atoms with E-state index in [1.54, 1.807) is 6.07 Å². The first-order chi connectivity index (χ1) is 19.6. The molecule has 40 heavy (non-hydrogen) atoms. The molecule has 6 fully saturated rings. The Bertz CT molecular complexity index is 1160. The van der Waals surface area contributed by atoms with Gasteiger partial charge in [-0.05, 0) is 41.5 Å². The second-order valence-electron chi connectivity index (χ2n) is 11.5. The molecule has 6 heterocycles. The number of phenolic OH excluding ortho intramolecular Hbond substituents is 1. The third-order valence-electron chi connectivity index (χ3n) is 7.87. The number of aromatic hydroxyl groups is 1. The first-order valence-corrected chi connectivity index (χ1v) is 14.4. The molecular weight excluding hydrogens is 516 g/mol. The molecule has 6 atom stereocenters. The van der Waals surface area contributed by atoms with Crippen molar-refractivity contribution in [1.82, 2.24) is 0 Å². The summed E-state index contributed by atoms with van der Waals surface area (Å²) in [6, 6.07) is 10.0. The molecule has 6 unspecified atom stereocenters. The Morgan fingerprint density at radius 1 is 0.700 bits per heavy atom. The maximum atomic E-state index is 10.3. The Hall–Kier alpha value is -2.60. The molecule has 6 aliphatic heterocycles. The van der Waals surface area contributed by atoms with Crippen molar-refractivity contribution in [3.63, 3.8) is 0 Å². The van der Waals surface area contributed by atoms with Gasteiger partial charge in [-0.2, -0.15) is 0 Å². The van der Waals surface area contributed by atoms with Crippen molar-refractivity contribution >= 4 is 11.4 Å². The number of phenols is 1. The zero-order valence-corrected chi connectivity index (χ0v) is 22.7. The molecule has 2 aromatic rings. The number of nitrogen functional groups attached to an aromatic ring is 1. The summed E-state index contributed by atoms with van der Waals surface area (Å²) >= 11 is 0. The maximum Gasteiger partial charge on any atom is 0.119 e. The van der Waals surface area contributed by atoms with E-state index in [1.807, 2.05) is 12.1 Å². The Labute approximate surface area is 234 Å². The van der Waals surface area contributed by atoms with Gasteiger partial charge in [0.25, 0.3) is 0 Å². The SMILES string of the molecule is Nc1c(CC2CO2)cc(O)c(CC2CO2)c1CC1CO1.c1cc(N(CC2CO2)CC2CO2)ccc1OCC1CO1. The fraction of sp³-hybridized carbons (Fsp3) is 0.600. The van der Waals surface area contributed by atoms with Gasteiger partial charge < -0.3 is 48.9 Å². The van der Waals surface area contributed by atoms with Gasteiger partial charge in [0.1, 0.15) is 24.2 Å². The summed E-state index contributed by atoms with van der Waals surface area (Å²) in [6.45, 7) is 7.47. The van der Waals surface area contributed by atoms with Crippen molar-refractivity contribution in [2.45, 2.75) is 55.9 Å². The quantitative estimate of drug-likeness (QED) is 0.202. The molecule has 3 N–H and O–H groups in total. The average Bonchev–Trinajstić information content (AvgIpc) is 3.75. The van der Waals surface area contributed by atoms with Gasteiger partial charge in [-0.25, -0.2) is 0 Å². The standard InChI is InChI=1S/2C15H19NO4/c16-15-8(1-9-5-18-9)2-14(17)12(3-10-6-19-10)13(15)4-11-7-20-11;1-3-12(17-9-15-10-20-15)4-2-11(1)16(5-13-7-18-13)6-14-8-19-14/h2,9-11,17H,1,3-7,16H2;1-4,13-15H,5-10H2. The first kappa shape index (κ1) is 26.3. The molecule has 0 saturated carbocycles. The minimum absolute atomic E-state index is 0.233. The monoisotopic (exact) mass is 554 g/mol. The third kappa shape index (κ3) is 7.57. The van der Waals surface area contributed by atoms with Crippen LogP contribution in [0.4, 0.5) is 11.4 Å². The van der Waals surface area contributed by atoms with Crippen molar-refractivity contribution < 1.29 is 38.3 Å². The normalized spacial score (nSPS) is 30.1. The van der Waals surface area contributed by atoms with Gasteiger partial charge in [0, 0.05) is 49.3 Å². The van der Waals surface area contributed by atoms with E-state index in [-0.39, 0.29) is 18.3 Å². The van der Waals surface area contributed by atoms with Crippen molar-refractivity contribution in [2.24, 2.45) is 0 Å². The number of hydrogen-bond acceptors (Lipinski definition) is 10. The highest BCUT2D eigenvalue weighted by atomic mass is 16.6. The highest BCUT2D eigenvalue weighted by Crippen LogP contribution is 2.37. The van der Waals surface area contributed by atoms with Gasteiger partial charge in [0.15, 0.2) is 0 Å². The lowest BCUT2D eigenvalue weighted by Gasteiger charge is -2.23. The van der Waals surface area contributed by atoms with E-state index in [9.17, 15) is 5.11 Å². The lowest BCUT2D eigenvalue weighted by Crippen LogP contribution is -2.31. The molecule has 0 amide bonds. The minimum atomic E-state index is 0.233. The van der Waals surface area contributed by atoms with Crippen LogP contribution in [0, 0.1) is 0 Å². The number of epoxide rings is 6. The van der Waals surface area contributed by atoms with Crippen LogP contribution in [-0.4, -0.2) is 101 Å². The predicted octanol–water partition coefficient (Wildman–Crippen LogP) is 1.87. The summed E-state index contributed by atoms with van der Waals surface area (Å²) in [4.78, 5) is 2.34. The maximum absolute atomic E-state index is 10.3. The smallest absolute Gasteiger partial charge is 0.119 e. The summed E-state index contributed by atoms with van der Waals surface area (Å²) in [5, 5.41) is 10.3. The lowest BCUT2D eigenvalue weighted by atomic mass is 9.92. The zero-order chi connectivity index (χ0) is 27.1. The highest BCUT2D eigenvalue weighted by Gasteiger charge is 2.33. The molecule has 0 bridgehead atoms. The Morgan fingerprint density at radius 2 is 1.20 bits per heavy atom. The lowest BCUT2D eigenvalue weighted by molar-refractivity contribution is 0.263. The van der Waals surface area contributed by atoms with Crippen molar-refractivity contribution in [2.75, 3.05) is 70.0 Å². The second-order valence-corrected chi connectivity index (χ2v) is 11.5. The molecule has 0 spiro atoms. The van der Waals surface area contributed by atoms with Crippen molar-refractivity contribution in [3.05, 3.63) is 47.0 Å². The van der Waals surface area contributed by atoms with E-state index in [0.29, 0.717) is 30.7 Å². The van der Waals surface area contributed by atoms with Gasteiger partial charge in [-0.15, -0.1) is 0 Å². The Kier molecular flexibility index (Phi) is 7.46. The van der Waals surface area contributed by atoms with Crippen LogP contribution in [0.1, 0.15) is 16.7 Å². The number of benzene rings is 2. The van der Waals surface area contributed by atoms with Crippen LogP contribution in [0.5, 0.6) is 11.5 Å². The van der Waals surface area contributed by atoms with Gasteiger partial charge in [-0.1, -0.05) is 0 Å². The van der Waals surface area contributed by atoms with Crippen molar-refractivity contribution in [3.8, 4) is 11.5 Å². The van der Waals surface area contributed by atoms with E-state index in [2.05, 4.69) is 17.0 Å². The van der Waals surface area contributed by atoms with Crippen LogP contribution >= 0.6 is 0 Å². The van der Waals surface area contributed by atoms with Gasteiger partial charge in [0.05, 0.1) is 70.2 Å². The van der Waals surface area contributed by atoms with E-state index in [4.69, 9.17) is 38.9 Å². The molecule has 6 saturated heterocycles. The van der Waals surface area contributed by atoms with Gasteiger partial charge in [-0.3, -0.25) is 0 Å². The van der Waals surface area contributed by atoms with E-state index in [0.717, 1.165) is 100 Å². The first-order valence-electron chi connectivity index (χ1n) is 14.4.